The highest BCUT2D eigenvalue weighted by atomic mass is 16.5. The maximum Gasteiger partial charge on any atom is 0.254 e. The molecule has 1 fully saturated rings. The van der Waals surface area contributed by atoms with Gasteiger partial charge in [-0.25, -0.2) is 0 Å². The summed E-state index contributed by atoms with van der Waals surface area (Å²) in [5, 5.41) is 11.0. The predicted molar refractivity (Wildman–Crippen MR) is 137 cm³/mol. The Morgan fingerprint density at radius 3 is 2.49 bits per heavy atom. The summed E-state index contributed by atoms with van der Waals surface area (Å²) in [4.78, 5) is 26.9. The first-order valence-corrected chi connectivity index (χ1v) is 11.9. The van der Waals surface area contributed by atoms with Gasteiger partial charge in [-0.05, 0) is 67.1 Å². The molecule has 0 aliphatic carbocycles. The standard InChI is InChI=1S/C28H26N4O5/c1-18-5-3-4-6-24(18)28-31-30-25(37-28)17-36-23-11-7-20(8-12-23)29-27(34)19-15-26(33)32(16-19)21-9-13-22(35-2)14-10-21/h3-14,19H,15-17H2,1-2H3,(H,29,34). The van der Waals surface area contributed by atoms with Crippen LogP contribution in [0.15, 0.2) is 77.2 Å². The monoisotopic (exact) mass is 498 g/mol. The van der Waals surface area contributed by atoms with E-state index in [-0.39, 0.29) is 24.8 Å². The van der Waals surface area contributed by atoms with Crippen molar-refractivity contribution in [3.63, 3.8) is 0 Å². The Bertz CT molecular complexity index is 1400. The number of methoxy groups -OCH3 is 1. The number of hydrogen-bond donors (Lipinski definition) is 1. The van der Waals surface area contributed by atoms with Gasteiger partial charge in [0.25, 0.3) is 5.89 Å². The van der Waals surface area contributed by atoms with Crippen molar-refractivity contribution in [2.75, 3.05) is 23.9 Å². The quantitative estimate of drug-likeness (QED) is 0.378. The van der Waals surface area contributed by atoms with Gasteiger partial charge < -0.3 is 24.1 Å². The van der Waals surface area contributed by atoms with Gasteiger partial charge in [0.05, 0.1) is 13.0 Å². The Balaban J connectivity index is 1.14. The molecule has 9 heteroatoms. The molecule has 1 unspecified atom stereocenters. The van der Waals surface area contributed by atoms with Gasteiger partial charge >= 0.3 is 0 Å². The second-order valence-corrected chi connectivity index (χ2v) is 8.72. The highest BCUT2D eigenvalue weighted by Crippen LogP contribution is 2.28. The predicted octanol–water partition coefficient (Wildman–Crippen LogP) is 4.62. The van der Waals surface area contributed by atoms with E-state index in [0.29, 0.717) is 35.5 Å². The first-order chi connectivity index (χ1) is 18.0. The minimum Gasteiger partial charge on any atom is -0.497 e. The zero-order chi connectivity index (χ0) is 25.8. The molecule has 1 atom stereocenters. The number of benzene rings is 3. The number of rotatable bonds is 8. The van der Waals surface area contributed by atoms with Crippen molar-refractivity contribution < 1.29 is 23.5 Å². The smallest absolute Gasteiger partial charge is 0.254 e. The summed E-state index contributed by atoms with van der Waals surface area (Å²) in [5.74, 6) is 1.39. The summed E-state index contributed by atoms with van der Waals surface area (Å²) >= 11 is 0. The number of amides is 2. The minimum absolute atomic E-state index is 0.0827. The number of carbonyl (C=O) groups excluding carboxylic acids is 2. The van der Waals surface area contributed by atoms with E-state index in [9.17, 15) is 9.59 Å². The molecule has 2 amide bonds. The fourth-order valence-corrected chi connectivity index (χ4v) is 4.15. The highest BCUT2D eigenvalue weighted by molar-refractivity contribution is 6.03. The van der Waals surface area contributed by atoms with E-state index in [4.69, 9.17) is 13.9 Å². The molecular formula is C28H26N4O5. The van der Waals surface area contributed by atoms with Crippen LogP contribution in [0.4, 0.5) is 11.4 Å². The van der Waals surface area contributed by atoms with Crippen molar-refractivity contribution in [1.82, 2.24) is 10.2 Å². The van der Waals surface area contributed by atoms with Gasteiger partial charge in [0.2, 0.25) is 17.7 Å². The van der Waals surface area contributed by atoms with E-state index in [2.05, 4.69) is 15.5 Å². The molecule has 3 aromatic carbocycles. The van der Waals surface area contributed by atoms with Gasteiger partial charge in [0, 0.05) is 29.9 Å². The zero-order valence-corrected chi connectivity index (χ0v) is 20.5. The molecule has 188 valence electrons. The van der Waals surface area contributed by atoms with Gasteiger partial charge in [0.1, 0.15) is 11.5 Å². The first-order valence-electron chi connectivity index (χ1n) is 11.9. The number of nitrogens with one attached hydrogen (secondary N) is 1. The van der Waals surface area contributed by atoms with Crippen molar-refractivity contribution in [1.29, 1.82) is 0 Å². The molecule has 4 aromatic rings. The van der Waals surface area contributed by atoms with E-state index >= 15 is 0 Å². The molecule has 37 heavy (non-hydrogen) atoms. The van der Waals surface area contributed by atoms with Gasteiger partial charge in [-0.1, -0.05) is 18.2 Å². The molecule has 0 saturated carbocycles. The van der Waals surface area contributed by atoms with Gasteiger partial charge in [-0.3, -0.25) is 9.59 Å². The lowest BCUT2D eigenvalue weighted by molar-refractivity contribution is -0.122. The largest absolute Gasteiger partial charge is 0.497 e. The Morgan fingerprint density at radius 2 is 1.76 bits per heavy atom. The normalized spacial score (nSPS) is 15.0. The Morgan fingerprint density at radius 1 is 1.03 bits per heavy atom. The second-order valence-electron chi connectivity index (χ2n) is 8.72. The van der Waals surface area contributed by atoms with Gasteiger partial charge in [0.15, 0.2) is 6.61 Å². The summed E-state index contributed by atoms with van der Waals surface area (Å²) in [7, 11) is 1.59. The lowest BCUT2D eigenvalue weighted by atomic mass is 10.1. The Kier molecular flexibility index (Phi) is 6.85. The fourth-order valence-electron chi connectivity index (χ4n) is 4.15. The number of aromatic nitrogens is 2. The van der Waals surface area contributed by atoms with Crippen molar-refractivity contribution >= 4 is 23.2 Å². The van der Waals surface area contributed by atoms with E-state index in [1.54, 1.807) is 48.4 Å². The molecule has 1 aliphatic rings. The molecule has 2 heterocycles. The molecule has 5 rings (SSSR count). The minimum atomic E-state index is -0.439. The first kappa shape index (κ1) is 24.1. The van der Waals surface area contributed by atoms with Crippen LogP contribution >= 0.6 is 0 Å². The molecule has 9 nitrogen and oxygen atoms in total. The SMILES string of the molecule is COc1ccc(N2CC(C(=O)Nc3ccc(OCc4nnc(-c5ccccc5C)o4)cc3)CC2=O)cc1. The van der Waals surface area contributed by atoms with Crippen LogP contribution in [0.1, 0.15) is 17.9 Å². The van der Waals surface area contributed by atoms with Crippen molar-refractivity contribution in [2.45, 2.75) is 20.0 Å². The topological polar surface area (TPSA) is 107 Å². The summed E-state index contributed by atoms with van der Waals surface area (Å²) in [5.41, 5.74) is 3.30. The van der Waals surface area contributed by atoms with Crippen LogP contribution in [0, 0.1) is 12.8 Å². The number of carbonyl (C=O) groups is 2. The van der Waals surface area contributed by atoms with Crippen LogP contribution in [0.3, 0.4) is 0 Å². The van der Waals surface area contributed by atoms with E-state index in [1.807, 2.05) is 43.3 Å². The van der Waals surface area contributed by atoms with Crippen LogP contribution in [0.2, 0.25) is 0 Å². The van der Waals surface area contributed by atoms with Crippen LogP contribution in [-0.2, 0) is 16.2 Å². The fraction of sp³-hybridized carbons (Fsp3) is 0.214. The number of ether oxygens (including phenoxy) is 2. The van der Waals surface area contributed by atoms with Crippen LogP contribution in [0.5, 0.6) is 11.5 Å². The maximum absolute atomic E-state index is 12.8. The number of nitrogens with zero attached hydrogens (tertiary/aromatic N) is 3. The summed E-state index contributed by atoms with van der Waals surface area (Å²) < 4.78 is 16.6. The molecule has 1 aromatic heterocycles. The highest BCUT2D eigenvalue weighted by Gasteiger charge is 2.35. The molecule has 1 N–H and O–H groups in total. The summed E-state index contributed by atoms with van der Waals surface area (Å²) in [6, 6.07) is 22.0. The molecular weight excluding hydrogens is 472 g/mol. The maximum atomic E-state index is 12.8. The van der Waals surface area contributed by atoms with Gasteiger partial charge in [-0.2, -0.15) is 0 Å². The third-order valence-electron chi connectivity index (χ3n) is 6.21. The summed E-state index contributed by atoms with van der Waals surface area (Å²) in [6.07, 6.45) is 0.160. The van der Waals surface area contributed by atoms with Crippen LogP contribution in [-0.4, -0.2) is 35.7 Å². The lowest BCUT2D eigenvalue weighted by Crippen LogP contribution is -2.28. The second kappa shape index (κ2) is 10.5. The molecule has 0 spiro atoms. The summed E-state index contributed by atoms with van der Waals surface area (Å²) in [6.45, 7) is 2.43. The van der Waals surface area contributed by atoms with E-state index < -0.39 is 5.92 Å². The third-order valence-corrected chi connectivity index (χ3v) is 6.21. The Labute approximate surface area is 214 Å². The third kappa shape index (κ3) is 5.45. The molecule has 0 bridgehead atoms. The average molecular weight is 499 g/mol. The zero-order valence-electron chi connectivity index (χ0n) is 20.5. The van der Waals surface area contributed by atoms with E-state index in [1.165, 1.54) is 0 Å². The Hall–Kier alpha value is -4.66. The lowest BCUT2D eigenvalue weighted by Gasteiger charge is -2.17. The van der Waals surface area contributed by atoms with Gasteiger partial charge in [-0.15, -0.1) is 10.2 Å². The average Bonchev–Trinajstić information content (AvgIpc) is 3.55. The van der Waals surface area contributed by atoms with E-state index in [0.717, 1.165) is 16.8 Å². The van der Waals surface area contributed by atoms with Crippen molar-refractivity contribution in [3.05, 3.63) is 84.3 Å². The van der Waals surface area contributed by atoms with Crippen molar-refractivity contribution in [3.8, 4) is 23.0 Å². The number of anilines is 2. The number of hydrogen-bond acceptors (Lipinski definition) is 7. The molecule has 1 saturated heterocycles. The van der Waals surface area contributed by atoms with Crippen molar-refractivity contribution in [2.24, 2.45) is 5.92 Å². The molecule has 1 aliphatic heterocycles. The number of aryl methyl sites for hydroxylation is 1. The molecule has 0 radical (unpaired) electrons. The van der Waals surface area contributed by atoms with Crippen LogP contribution in [0.25, 0.3) is 11.5 Å². The van der Waals surface area contributed by atoms with Crippen LogP contribution < -0.4 is 19.7 Å².